The first-order valence-corrected chi connectivity index (χ1v) is 12.3. The summed E-state index contributed by atoms with van der Waals surface area (Å²) in [5.74, 6) is 0.676. The fourth-order valence-electron chi connectivity index (χ4n) is 5.33. The van der Waals surface area contributed by atoms with Crippen molar-refractivity contribution in [1.29, 1.82) is 0 Å². The maximum Gasteiger partial charge on any atom is 0.267 e. The predicted molar refractivity (Wildman–Crippen MR) is 136 cm³/mol. The second-order valence-corrected chi connectivity index (χ2v) is 9.80. The van der Waals surface area contributed by atoms with E-state index in [0.29, 0.717) is 34.5 Å². The Labute approximate surface area is 212 Å². The van der Waals surface area contributed by atoms with Crippen LogP contribution in [-0.2, 0) is 11.2 Å². The summed E-state index contributed by atoms with van der Waals surface area (Å²) in [4.78, 5) is 30.4. The molecule has 4 heterocycles. The number of aryl methyl sites for hydroxylation is 1. The maximum absolute atomic E-state index is 13.3. The van der Waals surface area contributed by atoms with Crippen molar-refractivity contribution in [3.63, 3.8) is 0 Å². The number of rotatable bonds is 6. The van der Waals surface area contributed by atoms with Crippen molar-refractivity contribution in [2.24, 2.45) is 5.92 Å². The SMILES string of the molecule is CC1Oc2c(C(=O)NC3CN4CCC3CC4)cc(Cl)cc2N(CCCc2ccccc2)C1=O.Cl. The van der Waals surface area contributed by atoms with Crippen LogP contribution in [0.5, 0.6) is 5.75 Å². The number of anilines is 1. The molecule has 2 amide bonds. The van der Waals surface area contributed by atoms with E-state index in [4.69, 9.17) is 16.3 Å². The largest absolute Gasteiger partial charge is 0.478 e. The van der Waals surface area contributed by atoms with E-state index in [-0.39, 0.29) is 30.3 Å². The van der Waals surface area contributed by atoms with Gasteiger partial charge in [0, 0.05) is 24.2 Å². The molecule has 0 saturated carbocycles. The van der Waals surface area contributed by atoms with Crippen LogP contribution >= 0.6 is 24.0 Å². The summed E-state index contributed by atoms with van der Waals surface area (Å²) in [6.07, 6.45) is 3.25. The summed E-state index contributed by atoms with van der Waals surface area (Å²) in [5, 5.41) is 3.65. The minimum Gasteiger partial charge on any atom is -0.478 e. The van der Waals surface area contributed by atoms with Crippen LogP contribution in [0.1, 0.15) is 42.1 Å². The smallest absolute Gasteiger partial charge is 0.267 e. The van der Waals surface area contributed by atoms with Gasteiger partial charge in [-0.25, -0.2) is 0 Å². The summed E-state index contributed by atoms with van der Waals surface area (Å²) in [6, 6.07) is 13.7. The topological polar surface area (TPSA) is 61.9 Å². The maximum atomic E-state index is 13.3. The summed E-state index contributed by atoms with van der Waals surface area (Å²) in [7, 11) is 0. The summed E-state index contributed by atoms with van der Waals surface area (Å²) in [6.45, 7) is 5.39. The molecule has 3 saturated heterocycles. The quantitative estimate of drug-likeness (QED) is 0.636. The molecule has 0 aliphatic carbocycles. The van der Waals surface area contributed by atoms with Gasteiger partial charge in [-0.2, -0.15) is 0 Å². The summed E-state index contributed by atoms with van der Waals surface area (Å²) < 4.78 is 5.98. The number of carbonyl (C=O) groups excluding carboxylic acids is 2. The zero-order valence-corrected chi connectivity index (χ0v) is 20.9. The van der Waals surface area contributed by atoms with Crippen molar-refractivity contribution in [3.05, 3.63) is 58.6 Å². The molecule has 4 aliphatic rings. The molecule has 3 fully saturated rings. The number of benzene rings is 2. The zero-order chi connectivity index (χ0) is 22.9. The number of amides is 2. The highest BCUT2D eigenvalue weighted by atomic mass is 35.5. The van der Waals surface area contributed by atoms with E-state index in [9.17, 15) is 9.59 Å². The first kappa shape index (κ1) is 24.8. The van der Waals surface area contributed by atoms with E-state index < -0.39 is 6.10 Å². The molecule has 34 heavy (non-hydrogen) atoms. The second-order valence-electron chi connectivity index (χ2n) is 9.36. The van der Waals surface area contributed by atoms with Gasteiger partial charge in [-0.3, -0.25) is 9.59 Å². The minimum atomic E-state index is -0.654. The van der Waals surface area contributed by atoms with Crippen LogP contribution < -0.4 is 15.0 Å². The van der Waals surface area contributed by atoms with Crippen LogP contribution in [0.4, 0.5) is 5.69 Å². The van der Waals surface area contributed by atoms with E-state index in [1.807, 2.05) is 18.2 Å². The molecule has 2 bridgehead atoms. The van der Waals surface area contributed by atoms with E-state index in [1.54, 1.807) is 24.0 Å². The van der Waals surface area contributed by atoms with Gasteiger partial charge < -0.3 is 19.9 Å². The Morgan fingerprint density at radius 3 is 2.59 bits per heavy atom. The Kier molecular flexibility index (Phi) is 7.70. The third-order valence-electron chi connectivity index (χ3n) is 7.14. The molecule has 182 valence electrons. The van der Waals surface area contributed by atoms with Gasteiger partial charge in [0.25, 0.3) is 11.8 Å². The molecule has 2 aromatic carbocycles. The number of ether oxygens (including phenoxy) is 1. The molecule has 6 nitrogen and oxygen atoms in total. The van der Waals surface area contributed by atoms with Crippen molar-refractivity contribution < 1.29 is 14.3 Å². The number of nitrogens with one attached hydrogen (secondary N) is 1. The lowest BCUT2D eigenvalue weighted by Gasteiger charge is -2.45. The lowest BCUT2D eigenvalue weighted by molar-refractivity contribution is -0.125. The minimum absolute atomic E-state index is 0. The highest BCUT2D eigenvalue weighted by molar-refractivity contribution is 6.31. The summed E-state index contributed by atoms with van der Waals surface area (Å²) in [5.41, 5.74) is 2.22. The lowest BCUT2D eigenvalue weighted by Crippen LogP contribution is -2.57. The van der Waals surface area contributed by atoms with Gasteiger partial charge in [0.15, 0.2) is 11.9 Å². The van der Waals surface area contributed by atoms with Crippen LogP contribution in [-0.4, -0.2) is 55.0 Å². The number of piperidine rings is 3. The zero-order valence-electron chi connectivity index (χ0n) is 19.3. The Morgan fingerprint density at radius 2 is 1.91 bits per heavy atom. The third-order valence-corrected chi connectivity index (χ3v) is 7.36. The normalized spacial score (nSPS) is 25.2. The first-order chi connectivity index (χ1) is 16.0. The molecule has 0 radical (unpaired) electrons. The molecule has 0 spiro atoms. The lowest BCUT2D eigenvalue weighted by atomic mass is 9.84. The Bertz CT molecular complexity index is 1040. The predicted octanol–water partition coefficient (Wildman–Crippen LogP) is 4.33. The fraction of sp³-hybridized carbons (Fsp3) is 0.462. The first-order valence-electron chi connectivity index (χ1n) is 11.9. The van der Waals surface area contributed by atoms with Gasteiger partial charge >= 0.3 is 0 Å². The average Bonchev–Trinajstić information content (AvgIpc) is 2.83. The van der Waals surface area contributed by atoms with Crippen LogP contribution in [0.15, 0.2) is 42.5 Å². The van der Waals surface area contributed by atoms with Crippen molar-refractivity contribution in [2.75, 3.05) is 31.1 Å². The van der Waals surface area contributed by atoms with E-state index in [2.05, 4.69) is 22.3 Å². The molecular formula is C26H31Cl2N3O3. The highest BCUT2D eigenvalue weighted by Crippen LogP contribution is 2.40. The average molecular weight is 504 g/mol. The van der Waals surface area contributed by atoms with Gasteiger partial charge in [0.05, 0.1) is 11.3 Å². The van der Waals surface area contributed by atoms with Crippen LogP contribution in [0.3, 0.4) is 0 Å². The van der Waals surface area contributed by atoms with Crippen LogP contribution in [0.25, 0.3) is 0 Å². The van der Waals surface area contributed by atoms with Gasteiger partial charge in [0.1, 0.15) is 0 Å². The standard InChI is InChI=1S/C26H30ClN3O3.ClH/c1-17-26(32)30(11-5-8-18-6-3-2-4-7-18)23-15-20(27)14-21(24(23)33-17)25(31)28-22-16-29-12-9-19(22)10-13-29;/h2-4,6-7,14-15,17,19,22H,5,8-13,16H2,1H3,(H,28,31);1H. The number of fused-ring (bicyclic) bond motifs is 4. The number of carbonyl (C=O) groups is 2. The third kappa shape index (κ3) is 5.04. The molecule has 1 N–H and O–H groups in total. The van der Waals surface area contributed by atoms with Crippen LogP contribution in [0.2, 0.25) is 5.02 Å². The monoisotopic (exact) mass is 503 g/mol. The molecule has 8 heteroatoms. The molecule has 2 atom stereocenters. The van der Waals surface area contributed by atoms with Crippen molar-refractivity contribution in [3.8, 4) is 5.75 Å². The van der Waals surface area contributed by atoms with Crippen molar-refractivity contribution in [2.45, 2.75) is 44.8 Å². The molecule has 6 rings (SSSR count). The highest BCUT2D eigenvalue weighted by Gasteiger charge is 2.38. The van der Waals surface area contributed by atoms with Gasteiger partial charge in [-0.1, -0.05) is 41.9 Å². The van der Waals surface area contributed by atoms with Crippen molar-refractivity contribution in [1.82, 2.24) is 10.2 Å². The van der Waals surface area contributed by atoms with Crippen molar-refractivity contribution >= 4 is 41.5 Å². The molecule has 0 aromatic heterocycles. The molecular weight excluding hydrogens is 473 g/mol. The van der Waals surface area contributed by atoms with Gasteiger partial charge in [0.2, 0.25) is 0 Å². The summed E-state index contributed by atoms with van der Waals surface area (Å²) >= 11 is 6.43. The Morgan fingerprint density at radius 1 is 1.18 bits per heavy atom. The van der Waals surface area contributed by atoms with Gasteiger partial charge in [-0.05, 0) is 69.3 Å². The van der Waals surface area contributed by atoms with E-state index in [1.165, 1.54) is 5.56 Å². The molecule has 4 aliphatic heterocycles. The molecule has 2 aromatic rings. The molecule has 2 unspecified atom stereocenters. The van der Waals surface area contributed by atoms with E-state index >= 15 is 0 Å². The number of halogens is 2. The number of hydrogen-bond acceptors (Lipinski definition) is 4. The second kappa shape index (κ2) is 10.5. The van der Waals surface area contributed by atoms with Gasteiger partial charge in [-0.15, -0.1) is 12.4 Å². The fourth-order valence-corrected chi connectivity index (χ4v) is 5.54. The Balaban J connectivity index is 0.00000274. The van der Waals surface area contributed by atoms with E-state index in [0.717, 1.165) is 45.3 Å². The Hall–Kier alpha value is -2.28. The van der Waals surface area contributed by atoms with Crippen LogP contribution in [0, 0.1) is 5.92 Å². The number of nitrogens with zero attached hydrogens (tertiary/aromatic N) is 2. The number of hydrogen-bond donors (Lipinski definition) is 1.